The molecule has 1 saturated heterocycles. The molecule has 0 unspecified atom stereocenters. The van der Waals surface area contributed by atoms with Gasteiger partial charge in [0, 0.05) is 13.5 Å². The van der Waals surface area contributed by atoms with Gasteiger partial charge in [0.1, 0.15) is 17.9 Å². The predicted molar refractivity (Wildman–Crippen MR) is 134 cm³/mol. The van der Waals surface area contributed by atoms with E-state index in [9.17, 15) is 9.18 Å². The molecule has 0 N–H and O–H groups in total. The maximum absolute atomic E-state index is 13.3. The number of hydrogen-bond acceptors (Lipinski definition) is 6. The van der Waals surface area contributed by atoms with Crippen LogP contribution < -0.4 is 9.47 Å². The smallest absolute Gasteiger partial charge is 0.207 e. The summed E-state index contributed by atoms with van der Waals surface area (Å²) in [6.07, 6.45) is 4.40. The highest BCUT2D eigenvalue weighted by atomic mass is 19.1. The Balaban J connectivity index is 1.58. The second-order valence-electron chi connectivity index (χ2n) is 9.47. The van der Waals surface area contributed by atoms with Crippen molar-refractivity contribution in [3.05, 3.63) is 52.7 Å². The van der Waals surface area contributed by atoms with Crippen LogP contribution in [0.15, 0.2) is 28.7 Å². The van der Waals surface area contributed by atoms with Crippen LogP contribution in [0.4, 0.5) is 4.39 Å². The summed E-state index contributed by atoms with van der Waals surface area (Å²) < 4.78 is 31.8. The first-order valence-corrected chi connectivity index (χ1v) is 12.5. The molecule has 35 heavy (non-hydrogen) atoms. The number of ketones is 1. The van der Waals surface area contributed by atoms with Crippen LogP contribution in [0.5, 0.6) is 11.5 Å². The summed E-state index contributed by atoms with van der Waals surface area (Å²) in [6.45, 7) is 11.1. The highest BCUT2D eigenvalue weighted by molar-refractivity contribution is 6.05. The van der Waals surface area contributed by atoms with Crippen LogP contribution in [0.1, 0.15) is 72.8 Å². The SMILES string of the molecule is CC(=O)c1c(OCCN2CCCCC2)c(OCC[C@H](C)c2ccc(F)cc2)c2oc(C)nc2c1C. The number of halogens is 1. The molecule has 1 fully saturated rings. The van der Waals surface area contributed by atoms with Gasteiger partial charge in [-0.1, -0.05) is 25.5 Å². The van der Waals surface area contributed by atoms with Crippen LogP contribution in [-0.2, 0) is 0 Å². The average molecular weight is 483 g/mol. The summed E-state index contributed by atoms with van der Waals surface area (Å²) in [7, 11) is 0. The fourth-order valence-corrected chi connectivity index (χ4v) is 4.79. The van der Waals surface area contributed by atoms with Crippen molar-refractivity contribution in [2.45, 2.75) is 59.3 Å². The maximum Gasteiger partial charge on any atom is 0.207 e. The summed E-state index contributed by atoms with van der Waals surface area (Å²) in [5.41, 5.74) is 3.41. The Morgan fingerprint density at radius 1 is 1.09 bits per heavy atom. The Hall–Kier alpha value is -2.93. The van der Waals surface area contributed by atoms with Gasteiger partial charge in [0.2, 0.25) is 11.3 Å². The number of nitrogens with zero attached hydrogens (tertiary/aromatic N) is 2. The molecule has 0 saturated carbocycles. The molecule has 188 valence electrons. The Morgan fingerprint density at radius 3 is 2.46 bits per heavy atom. The Labute approximate surface area is 206 Å². The first-order valence-electron chi connectivity index (χ1n) is 12.5. The van der Waals surface area contributed by atoms with E-state index >= 15 is 0 Å². The normalized spacial score (nSPS) is 15.3. The van der Waals surface area contributed by atoms with E-state index in [0.717, 1.165) is 30.8 Å². The standard InChI is InChI=1S/C28H35FN2O4/c1-18(22-8-10-23(29)11-9-22)12-16-33-28-26(34-17-15-31-13-6-5-7-14-31)24(20(3)32)19(2)25-27(28)35-21(4)30-25/h8-11,18H,5-7,12-17H2,1-4H3/t18-/m0/s1. The molecule has 0 aliphatic carbocycles. The van der Waals surface area contributed by atoms with Crippen molar-refractivity contribution in [3.63, 3.8) is 0 Å². The average Bonchev–Trinajstić information content (AvgIpc) is 3.23. The van der Waals surface area contributed by atoms with Gasteiger partial charge in [0.05, 0.1) is 12.2 Å². The third-order valence-electron chi connectivity index (χ3n) is 6.79. The maximum atomic E-state index is 13.3. The molecular weight excluding hydrogens is 447 g/mol. The monoisotopic (exact) mass is 482 g/mol. The summed E-state index contributed by atoms with van der Waals surface area (Å²) in [5, 5.41) is 0. The zero-order valence-electron chi connectivity index (χ0n) is 21.2. The number of rotatable bonds is 10. The number of aryl methyl sites for hydroxylation is 2. The van der Waals surface area contributed by atoms with Crippen molar-refractivity contribution < 1.29 is 23.1 Å². The highest BCUT2D eigenvalue weighted by Gasteiger charge is 2.27. The summed E-state index contributed by atoms with van der Waals surface area (Å²) >= 11 is 0. The van der Waals surface area contributed by atoms with E-state index in [4.69, 9.17) is 13.9 Å². The van der Waals surface area contributed by atoms with Gasteiger partial charge in [-0.2, -0.15) is 0 Å². The lowest BCUT2D eigenvalue weighted by molar-refractivity contribution is 0.101. The van der Waals surface area contributed by atoms with Crippen molar-refractivity contribution in [1.29, 1.82) is 0 Å². The molecule has 1 aliphatic rings. The second kappa shape index (κ2) is 11.2. The van der Waals surface area contributed by atoms with E-state index in [0.29, 0.717) is 53.7 Å². The fourth-order valence-electron chi connectivity index (χ4n) is 4.79. The molecule has 3 aromatic rings. The zero-order valence-corrected chi connectivity index (χ0v) is 21.2. The molecule has 2 heterocycles. The fraction of sp³-hybridized carbons (Fsp3) is 0.500. The van der Waals surface area contributed by atoms with E-state index in [-0.39, 0.29) is 17.5 Å². The molecule has 4 rings (SSSR count). The summed E-state index contributed by atoms with van der Waals surface area (Å²) in [5.74, 6) is 1.20. The number of benzene rings is 2. The van der Waals surface area contributed by atoms with Crippen molar-refractivity contribution in [1.82, 2.24) is 9.88 Å². The van der Waals surface area contributed by atoms with Gasteiger partial charge in [-0.3, -0.25) is 9.69 Å². The molecule has 0 spiro atoms. The van der Waals surface area contributed by atoms with Gasteiger partial charge in [0.15, 0.2) is 17.4 Å². The Morgan fingerprint density at radius 2 is 1.77 bits per heavy atom. The quantitative estimate of drug-likeness (QED) is 0.320. The highest BCUT2D eigenvalue weighted by Crippen LogP contribution is 2.43. The van der Waals surface area contributed by atoms with E-state index in [1.807, 2.05) is 6.92 Å². The number of ether oxygens (including phenoxy) is 2. The van der Waals surface area contributed by atoms with Crippen molar-refractivity contribution in [3.8, 4) is 11.5 Å². The zero-order chi connectivity index (χ0) is 24.9. The number of fused-ring (bicyclic) bond motifs is 1. The number of Topliss-reactive ketones (excluding diaryl/α,β-unsaturated/α-hetero) is 1. The first-order chi connectivity index (χ1) is 16.8. The number of piperidine rings is 1. The number of carbonyl (C=O) groups excluding carboxylic acids is 1. The third-order valence-corrected chi connectivity index (χ3v) is 6.79. The molecule has 6 nitrogen and oxygen atoms in total. The molecule has 1 atom stereocenters. The largest absolute Gasteiger partial charge is 0.487 e. The van der Waals surface area contributed by atoms with E-state index in [1.165, 1.54) is 31.4 Å². The van der Waals surface area contributed by atoms with Gasteiger partial charge in [-0.05, 0) is 75.4 Å². The van der Waals surface area contributed by atoms with Crippen LogP contribution in [0.3, 0.4) is 0 Å². The topological polar surface area (TPSA) is 64.8 Å². The number of hydrogen-bond donors (Lipinski definition) is 0. The van der Waals surface area contributed by atoms with Crippen LogP contribution in [0.2, 0.25) is 0 Å². The number of likely N-dealkylation sites (tertiary alicyclic amines) is 1. The minimum absolute atomic E-state index is 0.0949. The molecule has 0 radical (unpaired) electrons. The van der Waals surface area contributed by atoms with Crippen molar-refractivity contribution in [2.75, 3.05) is 32.8 Å². The predicted octanol–water partition coefficient (Wildman–Crippen LogP) is 6.22. The van der Waals surface area contributed by atoms with Crippen molar-refractivity contribution in [2.24, 2.45) is 0 Å². The molecule has 2 aromatic carbocycles. The third kappa shape index (κ3) is 5.84. The van der Waals surface area contributed by atoms with Gasteiger partial charge >= 0.3 is 0 Å². The van der Waals surface area contributed by atoms with E-state index in [1.54, 1.807) is 26.0 Å². The van der Waals surface area contributed by atoms with Crippen LogP contribution in [-0.4, -0.2) is 48.5 Å². The summed E-state index contributed by atoms with van der Waals surface area (Å²) in [4.78, 5) is 19.6. The molecule has 0 amide bonds. The minimum Gasteiger partial charge on any atom is -0.487 e. The Kier molecular flexibility index (Phi) is 8.06. The van der Waals surface area contributed by atoms with Gasteiger partial charge in [-0.15, -0.1) is 0 Å². The number of carbonyl (C=O) groups is 1. The molecular formula is C28H35FN2O4. The summed E-state index contributed by atoms with van der Waals surface area (Å²) in [6, 6.07) is 6.54. The minimum atomic E-state index is -0.247. The lowest BCUT2D eigenvalue weighted by Gasteiger charge is -2.26. The second-order valence-corrected chi connectivity index (χ2v) is 9.47. The van der Waals surface area contributed by atoms with Gasteiger partial charge < -0.3 is 13.9 Å². The van der Waals surface area contributed by atoms with Gasteiger partial charge in [0.25, 0.3) is 0 Å². The number of aromatic nitrogens is 1. The molecule has 1 aliphatic heterocycles. The van der Waals surface area contributed by atoms with Gasteiger partial charge in [-0.25, -0.2) is 9.37 Å². The first kappa shape index (κ1) is 25.2. The lowest BCUT2D eigenvalue weighted by atomic mass is 9.98. The lowest BCUT2D eigenvalue weighted by Crippen LogP contribution is -2.33. The van der Waals surface area contributed by atoms with E-state index in [2.05, 4.69) is 16.8 Å². The molecule has 0 bridgehead atoms. The van der Waals surface area contributed by atoms with Crippen LogP contribution >= 0.6 is 0 Å². The van der Waals surface area contributed by atoms with Crippen LogP contribution in [0, 0.1) is 19.7 Å². The molecule has 7 heteroatoms. The van der Waals surface area contributed by atoms with E-state index < -0.39 is 0 Å². The van der Waals surface area contributed by atoms with Crippen LogP contribution in [0.25, 0.3) is 11.1 Å². The van der Waals surface area contributed by atoms with Crippen molar-refractivity contribution >= 4 is 16.9 Å². The molecule has 1 aromatic heterocycles. The Bertz CT molecular complexity index is 1170. The number of oxazole rings is 1.